The van der Waals surface area contributed by atoms with Crippen LogP contribution in [0, 0.1) is 0 Å². The molecule has 1 heterocycles. The highest BCUT2D eigenvalue weighted by Gasteiger charge is 2.05. The lowest BCUT2D eigenvalue weighted by Crippen LogP contribution is -2.11. The molecule has 0 spiro atoms. The maximum Gasteiger partial charge on any atom is 0.216 e. The molecule has 0 aliphatic carbocycles. The second kappa shape index (κ2) is 5.27. The van der Waals surface area contributed by atoms with E-state index in [1.807, 2.05) is 0 Å². The van der Waals surface area contributed by atoms with E-state index >= 15 is 0 Å². The number of hydrogen-bond acceptors (Lipinski definition) is 2. The van der Waals surface area contributed by atoms with Gasteiger partial charge in [-0.05, 0) is 18.1 Å². The molecule has 76 valence electrons. The predicted octanol–water partition coefficient (Wildman–Crippen LogP) is 1.41. The SMILES string of the molecule is CNC(C)=O.c1ccc2c(c1)CCN2. The number of hydrogen-bond donors (Lipinski definition) is 2. The Labute approximate surface area is 84.5 Å². The maximum atomic E-state index is 9.70. The average Bonchev–Trinajstić information content (AvgIpc) is 2.66. The highest BCUT2D eigenvalue weighted by Crippen LogP contribution is 2.19. The summed E-state index contributed by atoms with van der Waals surface area (Å²) >= 11 is 0. The number of anilines is 1. The molecule has 0 bridgehead atoms. The quantitative estimate of drug-likeness (QED) is 0.652. The van der Waals surface area contributed by atoms with Crippen molar-refractivity contribution in [1.82, 2.24) is 5.32 Å². The van der Waals surface area contributed by atoms with Crippen molar-refractivity contribution < 1.29 is 4.79 Å². The van der Waals surface area contributed by atoms with Gasteiger partial charge in [-0.25, -0.2) is 0 Å². The van der Waals surface area contributed by atoms with Crippen molar-refractivity contribution in [2.45, 2.75) is 13.3 Å². The Morgan fingerprint density at radius 2 is 2.07 bits per heavy atom. The van der Waals surface area contributed by atoms with Gasteiger partial charge in [-0.2, -0.15) is 0 Å². The smallest absolute Gasteiger partial charge is 0.216 e. The first-order chi connectivity index (χ1) is 6.74. The number of carbonyl (C=O) groups is 1. The average molecular weight is 192 g/mol. The van der Waals surface area contributed by atoms with Crippen molar-refractivity contribution in [1.29, 1.82) is 0 Å². The first-order valence-corrected chi connectivity index (χ1v) is 4.74. The molecule has 1 aromatic carbocycles. The largest absolute Gasteiger partial charge is 0.384 e. The summed E-state index contributed by atoms with van der Waals surface area (Å²) in [6, 6.07) is 8.46. The van der Waals surface area contributed by atoms with Gasteiger partial charge in [0.2, 0.25) is 5.91 Å². The van der Waals surface area contributed by atoms with Gasteiger partial charge < -0.3 is 10.6 Å². The summed E-state index contributed by atoms with van der Waals surface area (Å²) in [6.07, 6.45) is 1.19. The summed E-state index contributed by atoms with van der Waals surface area (Å²) in [5.74, 6) is 0.00463. The number of fused-ring (bicyclic) bond motifs is 1. The molecule has 1 aliphatic rings. The van der Waals surface area contributed by atoms with Crippen LogP contribution < -0.4 is 10.6 Å². The molecule has 3 heteroatoms. The van der Waals surface area contributed by atoms with Crippen molar-refractivity contribution in [2.75, 3.05) is 18.9 Å². The van der Waals surface area contributed by atoms with Gasteiger partial charge >= 0.3 is 0 Å². The highest BCUT2D eigenvalue weighted by atomic mass is 16.1. The fourth-order valence-corrected chi connectivity index (χ4v) is 1.24. The molecule has 0 aromatic heterocycles. The lowest BCUT2D eigenvalue weighted by molar-refractivity contribution is -0.118. The highest BCUT2D eigenvalue weighted by molar-refractivity contribution is 5.72. The van der Waals surface area contributed by atoms with Crippen molar-refractivity contribution in [3.8, 4) is 0 Å². The first kappa shape index (κ1) is 10.6. The maximum absolute atomic E-state index is 9.70. The Hall–Kier alpha value is -1.51. The molecule has 0 fully saturated rings. The van der Waals surface area contributed by atoms with Crippen molar-refractivity contribution in [2.24, 2.45) is 0 Å². The van der Waals surface area contributed by atoms with Crippen LogP contribution in [0.1, 0.15) is 12.5 Å². The number of carbonyl (C=O) groups excluding carboxylic acids is 1. The van der Waals surface area contributed by atoms with E-state index in [4.69, 9.17) is 0 Å². The Bertz CT molecular complexity index is 287. The van der Waals surface area contributed by atoms with E-state index in [-0.39, 0.29) is 5.91 Å². The van der Waals surface area contributed by atoms with E-state index < -0.39 is 0 Å². The van der Waals surface area contributed by atoms with Crippen molar-refractivity contribution in [3.05, 3.63) is 29.8 Å². The van der Waals surface area contributed by atoms with Crippen molar-refractivity contribution in [3.63, 3.8) is 0 Å². The van der Waals surface area contributed by atoms with Crippen LogP contribution in [-0.4, -0.2) is 19.5 Å². The molecule has 14 heavy (non-hydrogen) atoms. The van der Waals surface area contributed by atoms with Gasteiger partial charge in [-0.1, -0.05) is 18.2 Å². The molecular weight excluding hydrogens is 176 g/mol. The molecule has 0 unspecified atom stereocenters. The van der Waals surface area contributed by atoms with Crippen molar-refractivity contribution >= 4 is 11.6 Å². The lowest BCUT2D eigenvalue weighted by Gasteiger charge is -1.94. The van der Waals surface area contributed by atoms with Gasteiger partial charge in [-0.15, -0.1) is 0 Å². The molecule has 0 saturated carbocycles. The summed E-state index contributed by atoms with van der Waals surface area (Å²) in [5, 5.41) is 5.69. The normalized spacial score (nSPS) is 11.9. The summed E-state index contributed by atoms with van der Waals surface area (Å²) in [6.45, 7) is 2.58. The van der Waals surface area contributed by atoms with Crippen LogP contribution >= 0.6 is 0 Å². The van der Waals surface area contributed by atoms with Crippen LogP contribution in [0.5, 0.6) is 0 Å². The molecule has 1 amide bonds. The molecule has 1 aliphatic heterocycles. The number of rotatable bonds is 0. The standard InChI is InChI=1S/C8H9N.C3H7NO/c1-2-4-8-7(3-1)5-6-9-8;1-3(5)4-2/h1-4,9H,5-6H2;1-2H3,(H,4,5). The van der Waals surface area contributed by atoms with Gasteiger partial charge in [-0.3, -0.25) is 4.79 Å². The van der Waals surface area contributed by atoms with Gasteiger partial charge in [0.15, 0.2) is 0 Å². The minimum atomic E-state index is 0.00463. The zero-order valence-electron chi connectivity index (χ0n) is 8.63. The molecule has 0 radical (unpaired) electrons. The number of benzene rings is 1. The Kier molecular flexibility index (Phi) is 3.98. The van der Waals surface area contributed by atoms with Gasteiger partial charge in [0.1, 0.15) is 0 Å². The summed E-state index contributed by atoms with van der Waals surface area (Å²) in [5.41, 5.74) is 2.77. The van der Waals surface area contributed by atoms with E-state index in [2.05, 4.69) is 34.9 Å². The number of para-hydroxylation sites is 1. The fourth-order valence-electron chi connectivity index (χ4n) is 1.24. The summed E-state index contributed by atoms with van der Waals surface area (Å²) < 4.78 is 0. The third kappa shape index (κ3) is 3.09. The second-order valence-electron chi connectivity index (χ2n) is 3.14. The third-order valence-corrected chi connectivity index (χ3v) is 2.08. The van der Waals surface area contributed by atoms with Crippen LogP contribution in [0.25, 0.3) is 0 Å². The van der Waals surface area contributed by atoms with Gasteiger partial charge in [0, 0.05) is 26.2 Å². The molecule has 2 rings (SSSR count). The van der Waals surface area contributed by atoms with E-state index in [1.54, 1.807) is 7.05 Å². The Morgan fingerprint density at radius 1 is 1.43 bits per heavy atom. The predicted molar refractivity (Wildman–Crippen MR) is 58.4 cm³/mol. The van der Waals surface area contributed by atoms with Crippen LogP contribution in [0.3, 0.4) is 0 Å². The van der Waals surface area contributed by atoms with Gasteiger partial charge in [0.05, 0.1) is 0 Å². The lowest BCUT2D eigenvalue weighted by atomic mass is 10.2. The minimum Gasteiger partial charge on any atom is -0.384 e. The van der Waals surface area contributed by atoms with Crippen LogP contribution in [0.15, 0.2) is 24.3 Å². The van der Waals surface area contributed by atoms with E-state index in [9.17, 15) is 4.79 Å². The monoisotopic (exact) mass is 192 g/mol. The molecular formula is C11H16N2O. The molecule has 0 atom stereocenters. The zero-order chi connectivity index (χ0) is 10.4. The fraction of sp³-hybridized carbons (Fsp3) is 0.364. The molecule has 1 aromatic rings. The number of amides is 1. The minimum absolute atomic E-state index is 0.00463. The van der Waals surface area contributed by atoms with Gasteiger partial charge in [0.25, 0.3) is 0 Å². The summed E-state index contributed by atoms with van der Waals surface area (Å²) in [7, 11) is 1.60. The molecule has 3 nitrogen and oxygen atoms in total. The van der Waals surface area contributed by atoms with E-state index in [0.717, 1.165) is 6.54 Å². The number of nitrogens with one attached hydrogen (secondary N) is 2. The summed E-state index contributed by atoms with van der Waals surface area (Å²) in [4.78, 5) is 9.70. The molecule has 0 saturated heterocycles. The van der Waals surface area contributed by atoms with Crippen LogP contribution in [0.4, 0.5) is 5.69 Å². The topological polar surface area (TPSA) is 41.1 Å². The zero-order valence-corrected chi connectivity index (χ0v) is 8.63. The van der Waals surface area contributed by atoms with E-state index in [1.165, 1.54) is 24.6 Å². The van der Waals surface area contributed by atoms with Crippen LogP contribution in [-0.2, 0) is 11.2 Å². The Balaban J connectivity index is 0.000000171. The first-order valence-electron chi connectivity index (χ1n) is 4.74. The van der Waals surface area contributed by atoms with E-state index in [0.29, 0.717) is 0 Å². The second-order valence-corrected chi connectivity index (χ2v) is 3.14. The Morgan fingerprint density at radius 3 is 2.64 bits per heavy atom. The third-order valence-electron chi connectivity index (χ3n) is 2.08. The molecule has 2 N–H and O–H groups in total. The van der Waals surface area contributed by atoms with Crippen LogP contribution in [0.2, 0.25) is 0 Å².